The van der Waals surface area contributed by atoms with E-state index in [-0.39, 0.29) is 11.9 Å². The lowest BCUT2D eigenvalue weighted by molar-refractivity contribution is -0.146. The Morgan fingerprint density at radius 2 is 1.94 bits per heavy atom. The quantitative estimate of drug-likeness (QED) is 0.677. The van der Waals surface area contributed by atoms with Gasteiger partial charge in [-0.3, -0.25) is 4.79 Å². The average molecular weight is 426 g/mol. The fraction of sp³-hybridized carbons (Fsp3) is 0.542. The van der Waals surface area contributed by atoms with Crippen LogP contribution in [0.2, 0.25) is 0 Å². The molecule has 0 bridgehead atoms. The van der Waals surface area contributed by atoms with E-state index in [1.807, 2.05) is 89.1 Å². The fourth-order valence-electron chi connectivity index (χ4n) is 3.93. The predicted molar refractivity (Wildman–Crippen MR) is 123 cm³/mol. The molecule has 1 atom stereocenters. The third-order valence-corrected chi connectivity index (χ3v) is 5.41. The van der Waals surface area contributed by atoms with Crippen molar-refractivity contribution in [2.45, 2.75) is 51.8 Å². The summed E-state index contributed by atoms with van der Waals surface area (Å²) in [7, 11) is 7.99. The molecule has 168 valence electrons. The van der Waals surface area contributed by atoms with E-state index >= 15 is 0 Å². The number of carbonyl (C=O) groups excluding carboxylic acids is 1. The number of rotatable bonds is 7. The van der Waals surface area contributed by atoms with Gasteiger partial charge < -0.3 is 19.4 Å². The zero-order chi connectivity index (χ0) is 22.8. The summed E-state index contributed by atoms with van der Waals surface area (Å²) in [5.74, 6) is 2.23. The second-order valence-corrected chi connectivity index (χ2v) is 9.29. The largest absolute Gasteiger partial charge is 0.478 e. The Bertz CT molecular complexity index is 926. The molecular formula is C24H35N5O2. The highest BCUT2D eigenvalue weighted by Gasteiger charge is 2.41. The molecule has 1 aromatic heterocycles. The van der Waals surface area contributed by atoms with Crippen molar-refractivity contribution in [2.75, 3.05) is 39.6 Å². The van der Waals surface area contributed by atoms with Crippen LogP contribution in [0.4, 0.5) is 5.82 Å². The van der Waals surface area contributed by atoms with Gasteiger partial charge in [-0.05, 0) is 65.4 Å². The van der Waals surface area contributed by atoms with Crippen molar-refractivity contribution in [3.05, 3.63) is 47.4 Å². The number of hydrogen-bond acceptors (Lipinski definition) is 6. The Balaban J connectivity index is 1.87. The Kier molecular flexibility index (Phi) is 6.84. The number of aromatic nitrogens is 2. The summed E-state index contributed by atoms with van der Waals surface area (Å²) >= 11 is 0. The van der Waals surface area contributed by atoms with Crippen LogP contribution >= 0.6 is 0 Å². The van der Waals surface area contributed by atoms with Crippen molar-refractivity contribution in [1.82, 2.24) is 19.8 Å². The van der Waals surface area contributed by atoms with E-state index in [0.29, 0.717) is 18.1 Å². The number of anilines is 1. The van der Waals surface area contributed by atoms with Gasteiger partial charge in [0.15, 0.2) is 11.4 Å². The smallest absolute Gasteiger partial charge is 0.266 e. The third kappa shape index (κ3) is 5.53. The average Bonchev–Trinajstić information content (AvgIpc) is 3.15. The Labute approximate surface area is 186 Å². The van der Waals surface area contributed by atoms with Crippen molar-refractivity contribution in [3.8, 4) is 5.75 Å². The minimum absolute atomic E-state index is 0.0375. The van der Waals surface area contributed by atoms with Crippen LogP contribution in [0, 0.1) is 6.92 Å². The van der Waals surface area contributed by atoms with Crippen LogP contribution in [-0.4, -0.2) is 66.0 Å². The number of ether oxygens (including phenoxy) is 1. The summed E-state index contributed by atoms with van der Waals surface area (Å²) in [5, 5.41) is 0. The van der Waals surface area contributed by atoms with Crippen LogP contribution in [0.5, 0.6) is 5.75 Å². The predicted octanol–water partition coefficient (Wildman–Crippen LogP) is 3.43. The molecule has 1 aromatic carbocycles. The number of aryl methyl sites for hydroxylation is 1. The van der Waals surface area contributed by atoms with Gasteiger partial charge in [-0.25, -0.2) is 9.97 Å². The van der Waals surface area contributed by atoms with E-state index in [2.05, 4.69) is 4.90 Å². The summed E-state index contributed by atoms with van der Waals surface area (Å²) < 4.78 is 6.13. The molecule has 0 N–H and O–H groups in total. The van der Waals surface area contributed by atoms with Crippen molar-refractivity contribution >= 4 is 11.7 Å². The van der Waals surface area contributed by atoms with Crippen LogP contribution in [0.25, 0.3) is 0 Å². The van der Waals surface area contributed by atoms with Gasteiger partial charge in [-0.15, -0.1) is 0 Å². The van der Waals surface area contributed by atoms with E-state index in [0.717, 1.165) is 36.5 Å². The molecule has 1 aliphatic rings. The fourth-order valence-corrected chi connectivity index (χ4v) is 3.93. The number of hydrogen-bond donors (Lipinski definition) is 0. The van der Waals surface area contributed by atoms with Gasteiger partial charge in [-0.2, -0.15) is 0 Å². The Morgan fingerprint density at radius 3 is 2.58 bits per heavy atom. The lowest BCUT2D eigenvalue weighted by Crippen LogP contribution is -2.48. The van der Waals surface area contributed by atoms with Gasteiger partial charge >= 0.3 is 0 Å². The normalized spacial score (nSPS) is 16.6. The molecule has 0 unspecified atom stereocenters. The summed E-state index contributed by atoms with van der Waals surface area (Å²) in [4.78, 5) is 29.1. The van der Waals surface area contributed by atoms with E-state index < -0.39 is 5.60 Å². The van der Waals surface area contributed by atoms with Gasteiger partial charge in [0, 0.05) is 33.3 Å². The molecule has 1 fully saturated rings. The number of carbonyl (C=O) groups is 1. The van der Waals surface area contributed by atoms with Gasteiger partial charge in [-0.1, -0.05) is 12.1 Å². The van der Waals surface area contributed by atoms with Gasteiger partial charge in [0.2, 0.25) is 0 Å². The lowest BCUT2D eigenvalue weighted by Gasteiger charge is -2.33. The van der Waals surface area contributed by atoms with Crippen molar-refractivity contribution < 1.29 is 9.53 Å². The molecule has 0 aliphatic carbocycles. The molecule has 3 rings (SSSR count). The maximum atomic E-state index is 13.5. The van der Waals surface area contributed by atoms with Gasteiger partial charge in [0.1, 0.15) is 11.6 Å². The van der Waals surface area contributed by atoms with E-state index in [1.165, 1.54) is 0 Å². The summed E-state index contributed by atoms with van der Waals surface area (Å²) in [6.45, 7) is 7.09. The minimum atomic E-state index is -0.984. The van der Waals surface area contributed by atoms with Crippen molar-refractivity contribution in [1.29, 1.82) is 0 Å². The number of nitrogens with zero attached hydrogens (tertiary/aromatic N) is 5. The first-order valence-electron chi connectivity index (χ1n) is 10.8. The molecule has 0 saturated carbocycles. The van der Waals surface area contributed by atoms with Crippen molar-refractivity contribution in [2.24, 2.45) is 0 Å². The zero-order valence-electron chi connectivity index (χ0n) is 19.8. The van der Waals surface area contributed by atoms with E-state index in [1.54, 1.807) is 0 Å². The number of amides is 1. The number of benzene rings is 1. The van der Waals surface area contributed by atoms with E-state index in [9.17, 15) is 4.79 Å². The highest BCUT2D eigenvalue weighted by molar-refractivity contribution is 5.85. The molecule has 1 aliphatic heterocycles. The second kappa shape index (κ2) is 9.22. The Hall–Kier alpha value is -2.67. The maximum absolute atomic E-state index is 13.5. The number of likely N-dealkylation sites (tertiary alicyclic amines) is 1. The summed E-state index contributed by atoms with van der Waals surface area (Å²) in [6, 6.07) is 9.66. The molecule has 0 spiro atoms. The highest BCUT2D eigenvalue weighted by Crippen LogP contribution is 2.34. The van der Waals surface area contributed by atoms with Gasteiger partial charge in [0.25, 0.3) is 5.91 Å². The Morgan fingerprint density at radius 1 is 1.19 bits per heavy atom. The molecule has 7 nitrogen and oxygen atoms in total. The topological polar surface area (TPSA) is 61.8 Å². The molecule has 7 heteroatoms. The zero-order valence-corrected chi connectivity index (χ0v) is 19.8. The van der Waals surface area contributed by atoms with Crippen LogP contribution in [0.15, 0.2) is 30.3 Å². The molecule has 2 aromatic rings. The highest BCUT2D eigenvalue weighted by atomic mass is 16.5. The molecule has 31 heavy (non-hydrogen) atoms. The summed E-state index contributed by atoms with van der Waals surface area (Å²) in [5.41, 5.74) is 1.07. The first kappa shape index (κ1) is 23.0. The van der Waals surface area contributed by atoms with Crippen LogP contribution in [-0.2, 0) is 11.3 Å². The molecule has 1 amide bonds. The van der Waals surface area contributed by atoms with Crippen LogP contribution in [0.1, 0.15) is 49.8 Å². The van der Waals surface area contributed by atoms with Crippen LogP contribution < -0.4 is 9.64 Å². The standard InChI is InChI=1S/C24H35N5O2/c1-17-10-8-11-19(14-17)31-24(2,3)23(30)29-13-9-12-20(29)22-25-18(16-27(4)5)15-21(26-22)28(6)7/h8,10-11,14-15,20H,9,12-13,16H2,1-7H3/t20-/m0/s1. The second-order valence-electron chi connectivity index (χ2n) is 9.29. The van der Waals surface area contributed by atoms with Crippen molar-refractivity contribution in [3.63, 3.8) is 0 Å². The molecule has 2 heterocycles. The van der Waals surface area contributed by atoms with Gasteiger partial charge in [0.05, 0.1) is 11.7 Å². The molecular weight excluding hydrogens is 390 g/mol. The van der Waals surface area contributed by atoms with Crippen LogP contribution in [0.3, 0.4) is 0 Å². The first-order valence-corrected chi connectivity index (χ1v) is 10.8. The lowest BCUT2D eigenvalue weighted by atomic mass is 10.1. The minimum Gasteiger partial charge on any atom is -0.478 e. The SMILES string of the molecule is Cc1cccc(OC(C)(C)C(=O)N2CCC[C@H]2c2nc(CN(C)C)cc(N(C)C)n2)c1. The summed E-state index contributed by atoms with van der Waals surface area (Å²) in [6.07, 6.45) is 1.78. The maximum Gasteiger partial charge on any atom is 0.266 e. The molecule has 0 radical (unpaired) electrons. The first-order chi connectivity index (χ1) is 14.6. The molecule has 1 saturated heterocycles. The third-order valence-electron chi connectivity index (χ3n) is 5.41. The monoisotopic (exact) mass is 425 g/mol. The van der Waals surface area contributed by atoms with E-state index in [4.69, 9.17) is 14.7 Å².